The molecule has 0 bridgehead atoms. The Labute approximate surface area is 118 Å². The van der Waals surface area contributed by atoms with Crippen molar-refractivity contribution in [3.63, 3.8) is 0 Å². The third kappa shape index (κ3) is 1.48. The summed E-state index contributed by atoms with van der Waals surface area (Å²) in [5, 5.41) is 18.7. The Morgan fingerprint density at radius 2 is 2.10 bits per heavy atom. The lowest BCUT2D eigenvalue weighted by Gasteiger charge is -2.02. The van der Waals surface area contributed by atoms with Gasteiger partial charge in [0, 0.05) is 12.8 Å². The van der Waals surface area contributed by atoms with Crippen LogP contribution >= 0.6 is 11.6 Å². The van der Waals surface area contributed by atoms with Gasteiger partial charge < -0.3 is 5.21 Å². The van der Waals surface area contributed by atoms with Crippen molar-refractivity contribution in [1.29, 1.82) is 0 Å². The number of rotatable bonds is 1. The van der Waals surface area contributed by atoms with Crippen LogP contribution in [0, 0.1) is 0 Å². The second-order valence-electron chi connectivity index (χ2n) is 4.65. The van der Waals surface area contributed by atoms with Crippen LogP contribution in [0.15, 0.2) is 28.9 Å². The van der Waals surface area contributed by atoms with Gasteiger partial charge in [0.15, 0.2) is 11.4 Å². The number of nitrogens with zero attached hydrogens (tertiary/aromatic N) is 3. The number of nitrogens with one attached hydrogen (secondary N) is 1. The van der Waals surface area contributed by atoms with Crippen LogP contribution in [0.1, 0.15) is 11.4 Å². The molecule has 4 rings (SSSR count). The Kier molecular flexibility index (Phi) is 2.34. The predicted octanol–water partition coefficient (Wildman–Crippen LogP) is 2.01. The normalized spacial score (nSPS) is 13.1. The van der Waals surface area contributed by atoms with Gasteiger partial charge in [0.1, 0.15) is 5.69 Å². The average molecular weight is 290 g/mol. The van der Waals surface area contributed by atoms with E-state index in [0.717, 1.165) is 27.4 Å². The van der Waals surface area contributed by atoms with Crippen molar-refractivity contribution in [3.05, 3.63) is 40.7 Å². The van der Waals surface area contributed by atoms with E-state index in [1.54, 1.807) is 6.07 Å². The van der Waals surface area contributed by atoms with Crippen molar-refractivity contribution in [2.45, 2.75) is 12.8 Å². The topological polar surface area (TPSA) is 78.8 Å². The second-order valence-corrected chi connectivity index (χ2v) is 5.05. The number of aromatic nitrogens is 4. The van der Waals surface area contributed by atoms with Crippen LogP contribution in [0.4, 0.5) is 0 Å². The zero-order valence-corrected chi connectivity index (χ0v) is 11.1. The summed E-state index contributed by atoms with van der Waals surface area (Å²) in [6, 6.07) is 7.33. The molecule has 0 atom stereocenters. The van der Waals surface area contributed by atoms with E-state index in [2.05, 4.69) is 15.3 Å². The summed E-state index contributed by atoms with van der Waals surface area (Å²) >= 11 is 6.18. The Hall–Kier alpha value is -2.34. The maximum absolute atomic E-state index is 10.4. The monoisotopic (exact) mass is 289 g/mol. The largest absolute Gasteiger partial charge is 0.349 e. The van der Waals surface area contributed by atoms with Crippen molar-refractivity contribution in [3.8, 4) is 22.8 Å². The highest BCUT2D eigenvalue weighted by molar-refractivity contribution is 6.33. The molecule has 1 aliphatic rings. The first kappa shape index (κ1) is 11.5. The van der Waals surface area contributed by atoms with Crippen LogP contribution in [0.5, 0.6) is 0 Å². The Morgan fingerprint density at radius 1 is 1.25 bits per heavy atom. The summed E-state index contributed by atoms with van der Waals surface area (Å²) in [5.74, 6) is 0.524. The van der Waals surface area contributed by atoms with E-state index in [1.807, 2.05) is 18.2 Å². The minimum Gasteiger partial charge on any atom is -0.349 e. The fourth-order valence-electron chi connectivity index (χ4n) is 2.54. The van der Waals surface area contributed by atoms with E-state index in [0.29, 0.717) is 29.4 Å². The zero-order valence-electron chi connectivity index (χ0n) is 10.3. The summed E-state index contributed by atoms with van der Waals surface area (Å²) < 4.78 is 5.90. The van der Waals surface area contributed by atoms with Crippen molar-refractivity contribution in [2.75, 3.05) is 0 Å². The van der Waals surface area contributed by atoms with Crippen LogP contribution in [0.3, 0.4) is 0 Å². The number of halogens is 1. The van der Waals surface area contributed by atoms with Crippen molar-refractivity contribution >= 4 is 11.6 Å². The number of hydrogen-bond donors (Lipinski definition) is 2. The maximum atomic E-state index is 10.4. The molecule has 0 saturated heterocycles. The fraction of sp³-hybridized carbons (Fsp3) is 0.154. The molecule has 0 saturated carbocycles. The first-order chi connectivity index (χ1) is 9.75. The van der Waals surface area contributed by atoms with Crippen LogP contribution < -0.4 is 4.73 Å². The highest BCUT2D eigenvalue weighted by atomic mass is 35.5. The summed E-state index contributed by atoms with van der Waals surface area (Å²) in [6.07, 6.45) is 1.35. The summed E-state index contributed by atoms with van der Waals surface area (Å²) in [4.78, 5) is 3.17. The lowest BCUT2D eigenvalue weighted by Crippen LogP contribution is -2.36. The predicted molar refractivity (Wildman–Crippen MR) is 69.3 cm³/mol. The molecular formula is C13H10ClN4O2+. The number of hydrogen-bond acceptors (Lipinski definition) is 4. The highest BCUT2D eigenvalue weighted by Gasteiger charge is 2.35. The summed E-state index contributed by atoms with van der Waals surface area (Å²) in [7, 11) is 0. The minimum atomic E-state index is 0.524. The fourth-order valence-corrected chi connectivity index (χ4v) is 2.77. The quantitative estimate of drug-likeness (QED) is 0.530. The van der Waals surface area contributed by atoms with Gasteiger partial charge in [0.2, 0.25) is 5.69 Å². The van der Waals surface area contributed by atoms with Crippen LogP contribution in [-0.2, 0) is 12.8 Å². The van der Waals surface area contributed by atoms with Crippen LogP contribution in [-0.4, -0.2) is 20.5 Å². The van der Waals surface area contributed by atoms with E-state index in [-0.39, 0.29) is 0 Å². The molecule has 100 valence electrons. The van der Waals surface area contributed by atoms with Crippen LogP contribution in [0.25, 0.3) is 22.8 Å². The molecule has 1 aromatic carbocycles. The van der Waals surface area contributed by atoms with E-state index >= 15 is 0 Å². The summed E-state index contributed by atoms with van der Waals surface area (Å²) in [5.41, 5.74) is 3.65. The average Bonchev–Trinajstić information content (AvgIpc) is 3.04. The standard InChI is InChI=1S/C13H9ClN4O2/c14-8-4-2-1-3-7(8)13-15-12-10(18(13)19)6-5-9-11(12)17-20-16-9/h1-4,19H,5-6H2/p+1. The molecule has 2 N–H and O–H groups in total. The number of fused-ring (bicyclic) bond motifs is 3. The molecular weight excluding hydrogens is 280 g/mol. The molecule has 20 heavy (non-hydrogen) atoms. The molecule has 0 aliphatic heterocycles. The molecule has 0 radical (unpaired) electrons. The van der Waals surface area contributed by atoms with Gasteiger partial charge in [-0.3, -0.25) is 0 Å². The molecule has 0 fully saturated rings. The molecule has 3 aromatic rings. The highest BCUT2D eigenvalue weighted by Crippen LogP contribution is 2.32. The number of aromatic amines is 1. The first-order valence-electron chi connectivity index (χ1n) is 6.18. The molecule has 7 heteroatoms. The molecule has 0 amide bonds. The van der Waals surface area contributed by atoms with E-state index in [4.69, 9.17) is 16.2 Å². The summed E-state index contributed by atoms with van der Waals surface area (Å²) in [6.45, 7) is 0. The van der Waals surface area contributed by atoms with Gasteiger partial charge >= 0.3 is 5.82 Å². The lowest BCUT2D eigenvalue weighted by molar-refractivity contribution is -0.899. The number of H-pyrrole nitrogens is 1. The third-order valence-corrected chi connectivity index (χ3v) is 3.85. The maximum Gasteiger partial charge on any atom is 0.328 e. The van der Waals surface area contributed by atoms with E-state index in [1.165, 1.54) is 0 Å². The third-order valence-electron chi connectivity index (χ3n) is 3.52. The molecule has 0 spiro atoms. The zero-order chi connectivity index (χ0) is 13.7. The SMILES string of the molecule is O[n+]1c(-c2ccccc2Cl)[nH]c2c1CCc1nonc1-2. The first-order valence-corrected chi connectivity index (χ1v) is 6.56. The van der Waals surface area contributed by atoms with Gasteiger partial charge in [-0.2, -0.15) is 0 Å². The molecule has 6 nitrogen and oxygen atoms in total. The van der Waals surface area contributed by atoms with Crippen LogP contribution in [0.2, 0.25) is 5.02 Å². The molecule has 2 aromatic heterocycles. The Morgan fingerprint density at radius 3 is 2.95 bits per heavy atom. The van der Waals surface area contributed by atoms with Gasteiger partial charge in [-0.25, -0.2) is 9.61 Å². The van der Waals surface area contributed by atoms with Crippen molar-refractivity contribution in [2.24, 2.45) is 0 Å². The van der Waals surface area contributed by atoms with Gasteiger partial charge in [-0.15, -0.1) is 0 Å². The van der Waals surface area contributed by atoms with Gasteiger partial charge in [-0.05, 0) is 22.0 Å². The van der Waals surface area contributed by atoms with Gasteiger partial charge in [0.05, 0.1) is 10.6 Å². The van der Waals surface area contributed by atoms with Crippen molar-refractivity contribution in [1.82, 2.24) is 15.3 Å². The second kappa shape index (κ2) is 4.08. The van der Waals surface area contributed by atoms with Crippen molar-refractivity contribution < 1.29 is 14.6 Å². The number of benzene rings is 1. The molecule has 1 aliphatic carbocycles. The Bertz CT molecular complexity index is 809. The van der Waals surface area contributed by atoms with Gasteiger partial charge in [-0.1, -0.05) is 28.9 Å². The molecule has 2 heterocycles. The van der Waals surface area contributed by atoms with E-state index < -0.39 is 0 Å². The molecule has 0 unspecified atom stereocenters. The van der Waals surface area contributed by atoms with Gasteiger partial charge in [0.25, 0.3) is 0 Å². The lowest BCUT2D eigenvalue weighted by atomic mass is 10.0. The smallest absolute Gasteiger partial charge is 0.328 e. The van der Waals surface area contributed by atoms with E-state index in [9.17, 15) is 5.21 Å². The Balaban J connectivity index is 1.96. The minimum absolute atomic E-state index is 0.524. The number of imidazole rings is 1. The number of aryl methyl sites for hydroxylation is 1.